The second-order valence-corrected chi connectivity index (χ2v) is 2.87. The summed E-state index contributed by atoms with van der Waals surface area (Å²) in [6.07, 6.45) is 3.43. The Morgan fingerprint density at radius 1 is 1.62 bits per heavy atom. The Hall–Kier alpha value is -1.42. The van der Waals surface area contributed by atoms with Gasteiger partial charge < -0.3 is 10.8 Å². The predicted molar refractivity (Wildman–Crippen MR) is 48.0 cm³/mol. The first-order valence-corrected chi connectivity index (χ1v) is 4.04. The number of pyridine rings is 1. The third-order valence-electron chi connectivity index (χ3n) is 2.13. The maximum absolute atomic E-state index is 10.9. The molecular weight excluding hydrogens is 168 g/mol. The highest BCUT2D eigenvalue weighted by molar-refractivity contribution is 5.80. The average molecular weight is 180 g/mol. The Bertz CT molecular complexity index is 300. The smallest absolute Gasteiger partial charge is 0.328 e. The highest BCUT2D eigenvalue weighted by Crippen LogP contribution is 2.21. The SMILES string of the molecule is CCC(N)(C(=O)O)c1ccncc1. The summed E-state index contributed by atoms with van der Waals surface area (Å²) in [4.78, 5) is 14.7. The summed E-state index contributed by atoms with van der Waals surface area (Å²) < 4.78 is 0. The minimum Gasteiger partial charge on any atom is -0.480 e. The molecule has 0 radical (unpaired) electrons. The van der Waals surface area contributed by atoms with Gasteiger partial charge in [-0.05, 0) is 24.1 Å². The molecule has 13 heavy (non-hydrogen) atoms. The van der Waals surface area contributed by atoms with Crippen molar-refractivity contribution in [2.24, 2.45) is 5.73 Å². The molecule has 0 fully saturated rings. The molecule has 1 unspecified atom stereocenters. The molecule has 0 spiro atoms. The Morgan fingerprint density at radius 2 is 2.15 bits per heavy atom. The molecule has 0 aliphatic rings. The van der Waals surface area contributed by atoms with Crippen molar-refractivity contribution >= 4 is 5.97 Å². The molecule has 1 rings (SSSR count). The number of carboxylic acids is 1. The van der Waals surface area contributed by atoms with Crippen LogP contribution in [0.15, 0.2) is 24.5 Å². The Morgan fingerprint density at radius 3 is 2.54 bits per heavy atom. The number of carboxylic acid groups (broad SMARTS) is 1. The fraction of sp³-hybridized carbons (Fsp3) is 0.333. The normalized spacial score (nSPS) is 14.9. The first-order valence-electron chi connectivity index (χ1n) is 4.04. The minimum absolute atomic E-state index is 0.354. The van der Waals surface area contributed by atoms with Gasteiger partial charge in [0.1, 0.15) is 5.54 Å². The Labute approximate surface area is 76.4 Å². The van der Waals surface area contributed by atoms with Crippen LogP contribution in [0.4, 0.5) is 0 Å². The lowest BCUT2D eigenvalue weighted by atomic mass is 9.89. The predicted octanol–water partition coefficient (Wildman–Crippen LogP) is 0.730. The van der Waals surface area contributed by atoms with Crippen molar-refractivity contribution in [3.05, 3.63) is 30.1 Å². The number of aliphatic carboxylic acids is 1. The van der Waals surface area contributed by atoms with Gasteiger partial charge in [0.25, 0.3) is 0 Å². The van der Waals surface area contributed by atoms with Crippen molar-refractivity contribution in [2.75, 3.05) is 0 Å². The highest BCUT2D eigenvalue weighted by Gasteiger charge is 2.33. The van der Waals surface area contributed by atoms with Crippen LogP contribution in [0.25, 0.3) is 0 Å². The van der Waals surface area contributed by atoms with E-state index < -0.39 is 11.5 Å². The molecule has 0 saturated heterocycles. The second kappa shape index (κ2) is 3.53. The molecule has 0 amide bonds. The maximum atomic E-state index is 10.9. The summed E-state index contributed by atoms with van der Waals surface area (Å²) in [5.74, 6) is -1.01. The van der Waals surface area contributed by atoms with Gasteiger partial charge in [-0.2, -0.15) is 0 Å². The van der Waals surface area contributed by atoms with Gasteiger partial charge in [0, 0.05) is 12.4 Å². The zero-order chi connectivity index (χ0) is 9.90. The summed E-state index contributed by atoms with van der Waals surface area (Å²) in [5, 5.41) is 8.94. The van der Waals surface area contributed by atoms with Gasteiger partial charge in [-0.1, -0.05) is 6.92 Å². The molecule has 0 aliphatic carbocycles. The third-order valence-corrected chi connectivity index (χ3v) is 2.13. The van der Waals surface area contributed by atoms with E-state index in [2.05, 4.69) is 4.98 Å². The standard InChI is InChI=1S/C9H12N2O2/c1-2-9(10,8(12)13)7-3-5-11-6-4-7/h3-6H,2,10H2,1H3,(H,12,13). The first-order chi connectivity index (χ1) is 6.11. The fourth-order valence-electron chi connectivity index (χ4n) is 1.13. The van der Waals surface area contributed by atoms with Crippen LogP contribution in [-0.2, 0) is 10.3 Å². The molecule has 70 valence electrons. The van der Waals surface area contributed by atoms with Crippen LogP contribution >= 0.6 is 0 Å². The third kappa shape index (κ3) is 1.67. The Kier molecular flexibility index (Phi) is 2.63. The molecule has 1 atom stereocenters. The van der Waals surface area contributed by atoms with Crippen LogP contribution < -0.4 is 5.73 Å². The van der Waals surface area contributed by atoms with Gasteiger partial charge >= 0.3 is 5.97 Å². The molecule has 4 heteroatoms. The summed E-state index contributed by atoms with van der Waals surface area (Å²) in [6.45, 7) is 1.74. The van der Waals surface area contributed by atoms with E-state index in [9.17, 15) is 4.79 Å². The van der Waals surface area contributed by atoms with E-state index >= 15 is 0 Å². The Balaban J connectivity index is 3.11. The van der Waals surface area contributed by atoms with Crippen molar-refractivity contribution < 1.29 is 9.90 Å². The van der Waals surface area contributed by atoms with E-state index in [1.165, 1.54) is 12.4 Å². The molecular formula is C9H12N2O2. The minimum atomic E-state index is -1.29. The number of nitrogens with two attached hydrogens (primary N) is 1. The van der Waals surface area contributed by atoms with Gasteiger partial charge in [-0.25, -0.2) is 4.79 Å². The molecule has 0 aromatic carbocycles. The monoisotopic (exact) mass is 180 g/mol. The van der Waals surface area contributed by atoms with Crippen LogP contribution in [0.2, 0.25) is 0 Å². The lowest BCUT2D eigenvalue weighted by Crippen LogP contribution is -2.44. The van der Waals surface area contributed by atoms with Gasteiger partial charge in [-0.15, -0.1) is 0 Å². The number of aromatic nitrogens is 1. The summed E-state index contributed by atoms with van der Waals surface area (Å²) in [7, 11) is 0. The quantitative estimate of drug-likeness (QED) is 0.719. The first kappa shape index (κ1) is 9.67. The maximum Gasteiger partial charge on any atom is 0.328 e. The van der Waals surface area contributed by atoms with Crippen LogP contribution in [0.3, 0.4) is 0 Å². The molecule has 1 aromatic rings. The van der Waals surface area contributed by atoms with E-state index in [1.807, 2.05) is 0 Å². The number of nitrogens with zero attached hydrogens (tertiary/aromatic N) is 1. The van der Waals surface area contributed by atoms with Crippen molar-refractivity contribution in [3.63, 3.8) is 0 Å². The molecule has 3 N–H and O–H groups in total. The number of carbonyl (C=O) groups is 1. The number of hydrogen-bond donors (Lipinski definition) is 2. The molecule has 0 bridgehead atoms. The van der Waals surface area contributed by atoms with Crippen LogP contribution in [0.1, 0.15) is 18.9 Å². The van der Waals surface area contributed by atoms with Crippen molar-refractivity contribution in [3.8, 4) is 0 Å². The lowest BCUT2D eigenvalue weighted by molar-refractivity contribution is -0.143. The average Bonchev–Trinajstić information content (AvgIpc) is 2.17. The van der Waals surface area contributed by atoms with Crippen LogP contribution in [0, 0.1) is 0 Å². The molecule has 0 aliphatic heterocycles. The number of rotatable bonds is 3. The highest BCUT2D eigenvalue weighted by atomic mass is 16.4. The van der Waals surface area contributed by atoms with E-state index in [4.69, 9.17) is 10.8 Å². The molecule has 1 aromatic heterocycles. The van der Waals surface area contributed by atoms with Crippen molar-refractivity contribution in [2.45, 2.75) is 18.9 Å². The largest absolute Gasteiger partial charge is 0.480 e. The molecule has 4 nitrogen and oxygen atoms in total. The lowest BCUT2D eigenvalue weighted by Gasteiger charge is -2.22. The summed E-state index contributed by atoms with van der Waals surface area (Å²) in [6, 6.07) is 3.25. The summed E-state index contributed by atoms with van der Waals surface area (Å²) >= 11 is 0. The van der Waals surface area contributed by atoms with E-state index in [0.29, 0.717) is 12.0 Å². The van der Waals surface area contributed by atoms with Gasteiger partial charge in [0.2, 0.25) is 0 Å². The second-order valence-electron chi connectivity index (χ2n) is 2.87. The number of hydrogen-bond acceptors (Lipinski definition) is 3. The van der Waals surface area contributed by atoms with Crippen molar-refractivity contribution in [1.82, 2.24) is 4.98 Å². The van der Waals surface area contributed by atoms with Gasteiger partial charge in [0.05, 0.1) is 0 Å². The van der Waals surface area contributed by atoms with Gasteiger partial charge in [0.15, 0.2) is 0 Å². The topological polar surface area (TPSA) is 76.2 Å². The van der Waals surface area contributed by atoms with Gasteiger partial charge in [-0.3, -0.25) is 4.98 Å². The summed E-state index contributed by atoms with van der Waals surface area (Å²) in [5.41, 5.74) is 5.03. The zero-order valence-electron chi connectivity index (χ0n) is 7.40. The van der Waals surface area contributed by atoms with Crippen molar-refractivity contribution in [1.29, 1.82) is 0 Å². The fourth-order valence-corrected chi connectivity index (χ4v) is 1.13. The van der Waals surface area contributed by atoms with E-state index in [0.717, 1.165) is 0 Å². The zero-order valence-corrected chi connectivity index (χ0v) is 7.40. The van der Waals surface area contributed by atoms with Crippen LogP contribution in [0.5, 0.6) is 0 Å². The molecule has 0 saturated carbocycles. The van der Waals surface area contributed by atoms with E-state index in [1.54, 1.807) is 19.1 Å². The molecule has 1 heterocycles. The van der Waals surface area contributed by atoms with Crippen LogP contribution in [-0.4, -0.2) is 16.1 Å². The van der Waals surface area contributed by atoms with E-state index in [-0.39, 0.29) is 0 Å².